The number of rotatable bonds is 6. The molecule has 6 heteroatoms. The molecule has 0 aromatic heterocycles. The van der Waals surface area contributed by atoms with Gasteiger partial charge in [0.1, 0.15) is 5.25 Å². The molecule has 0 spiro atoms. The standard InChI is InChI=1S/C6H14O5S/c1-2-11-12(9,10)6(5-8)3-4-7/h6-8H,2-5H2,1H3. The summed E-state index contributed by atoms with van der Waals surface area (Å²) in [5, 5.41) is 16.1. The van der Waals surface area contributed by atoms with Crippen molar-refractivity contribution in [3.05, 3.63) is 0 Å². The lowest BCUT2D eigenvalue weighted by molar-refractivity contribution is 0.231. The Bertz CT molecular complexity index is 198. The molecule has 12 heavy (non-hydrogen) atoms. The molecule has 0 amide bonds. The van der Waals surface area contributed by atoms with Crippen molar-refractivity contribution in [3.8, 4) is 0 Å². The van der Waals surface area contributed by atoms with Gasteiger partial charge in [-0.2, -0.15) is 8.42 Å². The van der Waals surface area contributed by atoms with E-state index in [0.29, 0.717) is 0 Å². The van der Waals surface area contributed by atoms with Crippen LogP contribution >= 0.6 is 0 Å². The van der Waals surface area contributed by atoms with Gasteiger partial charge in [-0.15, -0.1) is 0 Å². The predicted octanol–water partition coefficient (Wildman–Crippen LogP) is -0.904. The quantitative estimate of drug-likeness (QED) is 0.540. The van der Waals surface area contributed by atoms with E-state index in [1.807, 2.05) is 0 Å². The van der Waals surface area contributed by atoms with Crippen molar-refractivity contribution in [2.24, 2.45) is 0 Å². The van der Waals surface area contributed by atoms with Crippen molar-refractivity contribution < 1.29 is 22.8 Å². The lowest BCUT2D eigenvalue weighted by Gasteiger charge is -2.12. The first-order valence-corrected chi connectivity index (χ1v) is 5.15. The molecule has 0 aliphatic carbocycles. The molecule has 1 atom stereocenters. The van der Waals surface area contributed by atoms with Crippen LogP contribution in [-0.2, 0) is 14.3 Å². The van der Waals surface area contributed by atoms with Crippen LogP contribution in [0.15, 0.2) is 0 Å². The van der Waals surface area contributed by atoms with Crippen molar-refractivity contribution in [2.75, 3.05) is 19.8 Å². The van der Waals surface area contributed by atoms with Gasteiger partial charge >= 0.3 is 0 Å². The molecule has 2 N–H and O–H groups in total. The third-order valence-corrected chi connectivity index (χ3v) is 3.11. The van der Waals surface area contributed by atoms with Crippen LogP contribution in [0.3, 0.4) is 0 Å². The number of aliphatic hydroxyl groups excluding tert-OH is 2. The average Bonchev–Trinajstić information content (AvgIpc) is 1.99. The van der Waals surface area contributed by atoms with Gasteiger partial charge in [0.2, 0.25) is 0 Å². The summed E-state index contributed by atoms with van der Waals surface area (Å²) in [6.45, 7) is 0.787. The molecule has 0 fully saturated rings. The number of aliphatic hydroxyl groups is 2. The van der Waals surface area contributed by atoms with Gasteiger partial charge in [-0.1, -0.05) is 0 Å². The first-order chi connectivity index (χ1) is 5.58. The summed E-state index contributed by atoms with van der Waals surface area (Å²) in [4.78, 5) is 0. The van der Waals surface area contributed by atoms with Gasteiger partial charge in [-0.05, 0) is 13.3 Å². The zero-order chi connectivity index (χ0) is 9.61. The minimum absolute atomic E-state index is 0.00116. The maximum atomic E-state index is 11.1. The number of hydrogen-bond donors (Lipinski definition) is 2. The fourth-order valence-corrected chi connectivity index (χ4v) is 1.83. The van der Waals surface area contributed by atoms with E-state index < -0.39 is 22.0 Å². The second-order valence-corrected chi connectivity index (χ2v) is 4.10. The van der Waals surface area contributed by atoms with E-state index in [4.69, 9.17) is 10.2 Å². The Morgan fingerprint density at radius 2 is 2.00 bits per heavy atom. The van der Waals surface area contributed by atoms with Gasteiger partial charge in [-0.3, -0.25) is 4.18 Å². The summed E-state index contributed by atoms with van der Waals surface area (Å²) >= 11 is 0. The molecule has 0 aromatic carbocycles. The lowest BCUT2D eigenvalue weighted by atomic mass is 10.3. The third-order valence-electron chi connectivity index (χ3n) is 1.35. The Morgan fingerprint density at radius 1 is 1.42 bits per heavy atom. The van der Waals surface area contributed by atoms with E-state index in [9.17, 15) is 8.42 Å². The van der Waals surface area contributed by atoms with E-state index in [0.717, 1.165) is 0 Å². The smallest absolute Gasteiger partial charge is 0.272 e. The first kappa shape index (κ1) is 11.8. The third kappa shape index (κ3) is 3.48. The molecule has 0 heterocycles. The Kier molecular flexibility index (Phi) is 5.39. The van der Waals surface area contributed by atoms with Gasteiger partial charge in [0.15, 0.2) is 0 Å². The molecule has 0 bridgehead atoms. The normalized spacial score (nSPS) is 14.6. The molecular formula is C6H14O5S. The molecule has 0 saturated carbocycles. The van der Waals surface area contributed by atoms with Crippen LogP contribution in [0.25, 0.3) is 0 Å². The van der Waals surface area contributed by atoms with Crippen LogP contribution < -0.4 is 0 Å². The van der Waals surface area contributed by atoms with Gasteiger partial charge in [-0.25, -0.2) is 0 Å². The summed E-state index contributed by atoms with van der Waals surface area (Å²) in [6.07, 6.45) is -0.00116. The highest BCUT2D eigenvalue weighted by atomic mass is 32.2. The zero-order valence-electron chi connectivity index (χ0n) is 6.93. The Hall–Kier alpha value is -0.170. The molecule has 5 nitrogen and oxygen atoms in total. The second kappa shape index (κ2) is 5.47. The Labute approximate surface area is 72.1 Å². The van der Waals surface area contributed by atoms with Crippen LogP contribution in [0.5, 0.6) is 0 Å². The monoisotopic (exact) mass is 198 g/mol. The summed E-state index contributed by atoms with van der Waals surface area (Å²) in [6, 6.07) is 0. The molecule has 0 radical (unpaired) electrons. The van der Waals surface area contributed by atoms with Crippen molar-refractivity contribution in [2.45, 2.75) is 18.6 Å². The molecule has 0 saturated heterocycles. The molecule has 0 aliphatic rings. The lowest BCUT2D eigenvalue weighted by Crippen LogP contribution is -2.28. The summed E-state index contributed by atoms with van der Waals surface area (Å²) in [7, 11) is -3.69. The van der Waals surface area contributed by atoms with Gasteiger partial charge < -0.3 is 10.2 Å². The minimum Gasteiger partial charge on any atom is -0.396 e. The fraction of sp³-hybridized carbons (Fsp3) is 1.00. The van der Waals surface area contributed by atoms with Crippen molar-refractivity contribution in [1.82, 2.24) is 0 Å². The highest BCUT2D eigenvalue weighted by Gasteiger charge is 2.24. The highest BCUT2D eigenvalue weighted by Crippen LogP contribution is 2.07. The SMILES string of the molecule is CCOS(=O)(=O)C(CO)CCO. The van der Waals surface area contributed by atoms with Crippen LogP contribution in [-0.4, -0.2) is 43.7 Å². The van der Waals surface area contributed by atoms with Crippen molar-refractivity contribution in [3.63, 3.8) is 0 Å². The van der Waals surface area contributed by atoms with Crippen LogP contribution in [0.2, 0.25) is 0 Å². The van der Waals surface area contributed by atoms with Gasteiger partial charge in [0, 0.05) is 6.61 Å². The Morgan fingerprint density at radius 3 is 2.33 bits per heavy atom. The molecule has 0 aliphatic heterocycles. The van der Waals surface area contributed by atoms with E-state index in [1.165, 1.54) is 0 Å². The van der Waals surface area contributed by atoms with E-state index in [2.05, 4.69) is 4.18 Å². The molecule has 1 unspecified atom stereocenters. The highest BCUT2D eigenvalue weighted by molar-refractivity contribution is 7.87. The maximum Gasteiger partial charge on any atom is 0.272 e. The summed E-state index contributed by atoms with van der Waals surface area (Å²) < 4.78 is 26.6. The van der Waals surface area contributed by atoms with E-state index >= 15 is 0 Å². The van der Waals surface area contributed by atoms with Gasteiger partial charge in [0.25, 0.3) is 10.1 Å². The minimum atomic E-state index is -3.69. The molecule has 0 aromatic rings. The van der Waals surface area contributed by atoms with Crippen molar-refractivity contribution in [1.29, 1.82) is 0 Å². The molecular weight excluding hydrogens is 184 g/mol. The maximum absolute atomic E-state index is 11.1. The Balaban J connectivity index is 4.27. The van der Waals surface area contributed by atoms with Crippen LogP contribution in [0.1, 0.15) is 13.3 Å². The van der Waals surface area contributed by atoms with Crippen LogP contribution in [0.4, 0.5) is 0 Å². The second-order valence-electron chi connectivity index (χ2n) is 2.22. The molecule has 0 rings (SSSR count). The summed E-state index contributed by atoms with van der Waals surface area (Å²) in [5.41, 5.74) is 0. The van der Waals surface area contributed by atoms with E-state index in [-0.39, 0.29) is 19.6 Å². The number of hydrogen-bond acceptors (Lipinski definition) is 5. The topological polar surface area (TPSA) is 83.8 Å². The first-order valence-electron chi connectivity index (χ1n) is 3.68. The molecule has 74 valence electrons. The average molecular weight is 198 g/mol. The van der Waals surface area contributed by atoms with E-state index in [1.54, 1.807) is 6.92 Å². The predicted molar refractivity (Wildman–Crippen MR) is 43.1 cm³/mol. The summed E-state index contributed by atoms with van der Waals surface area (Å²) in [5.74, 6) is 0. The van der Waals surface area contributed by atoms with Crippen molar-refractivity contribution >= 4 is 10.1 Å². The van der Waals surface area contributed by atoms with Crippen LogP contribution in [0, 0.1) is 0 Å². The largest absolute Gasteiger partial charge is 0.396 e. The fourth-order valence-electron chi connectivity index (χ4n) is 0.731. The zero-order valence-corrected chi connectivity index (χ0v) is 7.75. The van der Waals surface area contributed by atoms with Gasteiger partial charge in [0.05, 0.1) is 13.2 Å².